The number of hydrogen-bond donors (Lipinski definition) is 2. The molecule has 0 saturated carbocycles. The molecule has 1 aliphatic heterocycles. The van der Waals surface area contributed by atoms with Gasteiger partial charge in [0.2, 0.25) is 5.91 Å². The summed E-state index contributed by atoms with van der Waals surface area (Å²) in [6.45, 7) is 6.22. The fraction of sp³-hybridized carbons (Fsp3) is 0.692. The van der Waals surface area contributed by atoms with Crippen LogP contribution in [0, 0.1) is 12.3 Å². The van der Waals surface area contributed by atoms with Gasteiger partial charge in [0.25, 0.3) is 0 Å². The molecule has 0 spiro atoms. The lowest BCUT2D eigenvalue weighted by Crippen LogP contribution is -2.47. The Morgan fingerprint density at radius 2 is 2.28 bits per heavy atom. The van der Waals surface area contributed by atoms with E-state index in [1.165, 1.54) is 0 Å². The van der Waals surface area contributed by atoms with Crippen LogP contribution in [0.3, 0.4) is 0 Å². The minimum absolute atomic E-state index is 0.139. The van der Waals surface area contributed by atoms with Crippen molar-refractivity contribution < 1.29 is 9.32 Å². The van der Waals surface area contributed by atoms with Gasteiger partial charge in [0.15, 0.2) is 5.76 Å². The highest BCUT2D eigenvalue weighted by molar-refractivity contribution is 5.82. The van der Waals surface area contributed by atoms with Gasteiger partial charge in [-0.3, -0.25) is 4.79 Å². The summed E-state index contributed by atoms with van der Waals surface area (Å²) in [5, 5.41) is 10.1. The normalized spacial score (nSPS) is 18.6. The van der Waals surface area contributed by atoms with Crippen LogP contribution in [0.25, 0.3) is 0 Å². The van der Waals surface area contributed by atoms with Crippen molar-refractivity contribution in [1.82, 2.24) is 15.8 Å². The van der Waals surface area contributed by atoms with E-state index in [1.807, 2.05) is 13.0 Å². The summed E-state index contributed by atoms with van der Waals surface area (Å²) in [6.07, 6.45) is 2.70. The maximum Gasteiger partial charge on any atom is 0.226 e. The number of rotatable bonds is 4. The molecular weight excluding hydrogens is 230 g/mol. The third-order valence-corrected chi connectivity index (χ3v) is 3.82. The number of hydrogen-bond acceptors (Lipinski definition) is 4. The second kappa shape index (κ2) is 5.52. The van der Waals surface area contributed by atoms with E-state index in [2.05, 4.69) is 22.7 Å². The molecule has 0 aliphatic carbocycles. The predicted octanol–water partition coefficient (Wildman–Crippen LogP) is 1.38. The van der Waals surface area contributed by atoms with Gasteiger partial charge in [-0.25, -0.2) is 0 Å². The Labute approximate surface area is 107 Å². The first-order chi connectivity index (χ1) is 8.66. The molecular formula is C13H21N3O2. The fourth-order valence-corrected chi connectivity index (χ4v) is 2.50. The number of amides is 1. The topological polar surface area (TPSA) is 67.2 Å². The van der Waals surface area contributed by atoms with Gasteiger partial charge in [0.05, 0.1) is 17.7 Å². The molecule has 0 radical (unpaired) electrons. The number of aryl methyl sites for hydroxylation is 1. The van der Waals surface area contributed by atoms with E-state index in [-0.39, 0.29) is 11.3 Å². The molecule has 0 atom stereocenters. The number of nitrogens with one attached hydrogen (secondary N) is 2. The monoisotopic (exact) mass is 251 g/mol. The second-order valence-corrected chi connectivity index (χ2v) is 5.00. The molecule has 1 aromatic rings. The Kier molecular flexibility index (Phi) is 4.01. The third kappa shape index (κ3) is 2.72. The summed E-state index contributed by atoms with van der Waals surface area (Å²) >= 11 is 0. The Hall–Kier alpha value is -1.36. The van der Waals surface area contributed by atoms with Gasteiger partial charge < -0.3 is 15.2 Å². The van der Waals surface area contributed by atoms with Crippen molar-refractivity contribution >= 4 is 5.91 Å². The summed E-state index contributed by atoms with van der Waals surface area (Å²) < 4.78 is 5.09. The van der Waals surface area contributed by atoms with Crippen LogP contribution >= 0.6 is 0 Å². The van der Waals surface area contributed by atoms with Gasteiger partial charge >= 0.3 is 0 Å². The van der Waals surface area contributed by atoms with Crippen LogP contribution in [-0.4, -0.2) is 24.2 Å². The van der Waals surface area contributed by atoms with Crippen molar-refractivity contribution in [3.8, 4) is 0 Å². The standard InChI is InChI=1S/C13H21N3O2/c1-3-13(4-6-14-7-5-13)12(17)15-9-11-8-10(2)16-18-11/h8,14H,3-7,9H2,1-2H3,(H,15,17). The largest absolute Gasteiger partial charge is 0.359 e. The van der Waals surface area contributed by atoms with E-state index in [1.54, 1.807) is 0 Å². The predicted molar refractivity (Wildman–Crippen MR) is 67.9 cm³/mol. The maximum atomic E-state index is 12.3. The van der Waals surface area contributed by atoms with E-state index < -0.39 is 0 Å². The Morgan fingerprint density at radius 1 is 1.56 bits per heavy atom. The van der Waals surface area contributed by atoms with Gasteiger partial charge in [-0.2, -0.15) is 0 Å². The molecule has 18 heavy (non-hydrogen) atoms. The smallest absolute Gasteiger partial charge is 0.226 e. The molecule has 1 fully saturated rings. The third-order valence-electron chi connectivity index (χ3n) is 3.82. The highest BCUT2D eigenvalue weighted by atomic mass is 16.5. The number of carbonyl (C=O) groups excluding carboxylic acids is 1. The quantitative estimate of drug-likeness (QED) is 0.848. The molecule has 1 aliphatic rings. The summed E-state index contributed by atoms with van der Waals surface area (Å²) in [6, 6.07) is 1.85. The molecule has 5 nitrogen and oxygen atoms in total. The van der Waals surface area contributed by atoms with E-state index in [9.17, 15) is 4.79 Å². The lowest BCUT2D eigenvalue weighted by atomic mass is 9.76. The van der Waals surface area contributed by atoms with Gasteiger partial charge in [0, 0.05) is 6.07 Å². The van der Waals surface area contributed by atoms with Gasteiger partial charge in [-0.15, -0.1) is 0 Å². The molecule has 0 aromatic carbocycles. The van der Waals surface area contributed by atoms with E-state index in [0.717, 1.165) is 38.0 Å². The fourth-order valence-electron chi connectivity index (χ4n) is 2.50. The number of aromatic nitrogens is 1. The van der Waals surface area contributed by atoms with Crippen molar-refractivity contribution in [2.45, 2.75) is 39.7 Å². The van der Waals surface area contributed by atoms with Crippen molar-refractivity contribution in [1.29, 1.82) is 0 Å². The first-order valence-electron chi connectivity index (χ1n) is 6.57. The first-order valence-corrected chi connectivity index (χ1v) is 6.57. The summed E-state index contributed by atoms with van der Waals surface area (Å²) in [5.74, 6) is 0.849. The average Bonchev–Trinajstić information content (AvgIpc) is 2.82. The summed E-state index contributed by atoms with van der Waals surface area (Å²) in [4.78, 5) is 12.3. The molecule has 2 heterocycles. The van der Waals surface area contributed by atoms with Gasteiger partial charge in [0.1, 0.15) is 0 Å². The number of nitrogens with zero attached hydrogens (tertiary/aromatic N) is 1. The van der Waals surface area contributed by atoms with Crippen LogP contribution in [0.15, 0.2) is 10.6 Å². The van der Waals surface area contributed by atoms with E-state index >= 15 is 0 Å². The van der Waals surface area contributed by atoms with Crippen LogP contribution in [0.1, 0.15) is 37.6 Å². The molecule has 1 aromatic heterocycles. The maximum absolute atomic E-state index is 12.3. The zero-order valence-electron chi connectivity index (χ0n) is 11.1. The Balaban J connectivity index is 1.93. The first kappa shape index (κ1) is 13.1. The van der Waals surface area contributed by atoms with Crippen LogP contribution in [-0.2, 0) is 11.3 Å². The zero-order chi connectivity index (χ0) is 13.0. The average molecular weight is 251 g/mol. The zero-order valence-corrected chi connectivity index (χ0v) is 11.1. The minimum atomic E-state index is -0.208. The van der Waals surface area contributed by atoms with E-state index in [0.29, 0.717) is 12.3 Å². The van der Waals surface area contributed by atoms with Gasteiger partial charge in [-0.1, -0.05) is 12.1 Å². The lowest BCUT2D eigenvalue weighted by Gasteiger charge is -2.35. The van der Waals surface area contributed by atoms with Crippen LogP contribution in [0.2, 0.25) is 0 Å². The molecule has 1 saturated heterocycles. The van der Waals surface area contributed by atoms with Crippen molar-refractivity contribution in [2.75, 3.05) is 13.1 Å². The van der Waals surface area contributed by atoms with Crippen molar-refractivity contribution in [2.24, 2.45) is 5.41 Å². The highest BCUT2D eigenvalue weighted by Crippen LogP contribution is 2.32. The molecule has 2 N–H and O–H groups in total. The second-order valence-electron chi connectivity index (χ2n) is 5.00. The summed E-state index contributed by atoms with van der Waals surface area (Å²) in [7, 11) is 0. The minimum Gasteiger partial charge on any atom is -0.359 e. The molecule has 0 bridgehead atoms. The van der Waals surface area contributed by atoms with Crippen molar-refractivity contribution in [3.63, 3.8) is 0 Å². The molecule has 100 valence electrons. The Morgan fingerprint density at radius 3 is 2.83 bits per heavy atom. The number of carbonyl (C=O) groups is 1. The van der Waals surface area contributed by atoms with E-state index in [4.69, 9.17) is 4.52 Å². The SMILES string of the molecule is CCC1(C(=O)NCc2cc(C)no2)CCNCC1. The molecule has 0 unspecified atom stereocenters. The van der Waals surface area contributed by atoms with Gasteiger partial charge in [-0.05, 0) is 39.3 Å². The molecule has 1 amide bonds. The lowest BCUT2D eigenvalue weighted by molar-refractivity contribution is -0.133. The molecule has 5 heteroatoms. The molecule has 2 rings (SSSR count). The highest BCUT2D eigenvalue weighted by Gasteiger charge is 2.37. The van der Waals surface area contributed by atoms with Crippen molar-refractivity contribution in [3.05, 3.63) is 17.5 Å². The van der Waals surface area contributed by atoms with Crippen LogP contribution in [0.4, 0.5) is 0 Å². The van der Waals surface area contributed by atoms with Crippen LogP contribution in [0.5, 0.6) is 0 Å². The number of piperidine rings is 1. The summed E-state index contributed by atoms with van der Waals surface area (Å²) in [5.41, 5.74) is 0.631. The van der Waals surface area contributed by atoms with Crippen LogP contribution < -0.4 is 10.6 Å². The Bertz CT molecular complexity index is 408.